The van der Waals surface area contributed by atoms with E-state index in [0.29, 0.717) is 0 Å². The van der Waals surface area contributed by atoms with Gasteiger partial charge in [0, 0.05) is 11.5 Å². The van der Waals surface area contributed by atoms with Crippen molar-refractivity contribution >= 4 is 0 Å². The van der Waals surface area contributed by atoms with Crippen molar-refractivity contribution in [3.8, 4) is 5.88 Å². The van der Waals surface area contributed by atoms with Crippen LogP contribution in [0.1, 0.15) is 20.1 Å². The molecule has 0 bridgehead atoms. The van der Waals surface area contributed by atoms with Crippen LogP contribution in [0.5, 0.6) is 5.88 Å². The summed E-state index contributed by atoms with van der Waals surface area (Å²) >= 11 is 0. The van der Waals surface area contributed by atoms with Crippen LogP contribution in [-0.4, -0.2) is 37.6 Å². The van der Waals surface area contributed by atoms with Crippen molar-refractivity contribution in [3.63, 3.8) is 0 Å². The predicted octanol–water partition coefficient (Wildman–Crippen LogP) is 1.75. The molecule has 0 aliphatic rings. The molecule has 2 atom stereocenters. The Hall–Kier alpha value is -2.09. The number of rotatable bonds is 6. The number of halogens is 2. The highest BCUT2D eigenvalue weighted by Gasteiger charge is 2.37. The molecule has 0 saturated carbocycles. The Bertz CT molecular complexity index is 560. The Morgan fingerprint density at radius 1 is 1.43 bits per heavy atom. The van der Waals surface area contributed by atoms with Gasteiger partial charge in [-0.25, -0.2) is 19.0 Å². The number of pyridine rings is 1. The monoisotopic (exact) mass is 298 g/mol. The number of aliphatic hydroxyl groups excluding tert-OH is 1. The normalized spacial score (nSPS) is 14.7. The number of aliphatic hydroxyl groups is 1. The van der Waals surface area contributed by atoms with Gasteiger partial charge in [-0.3, -0.25) is 4.39 Å². The van der Waals surface area contributed by atoms with Crippen molar-refractivity contribution in [3.05, 3.63) is 36.8 Å². The Balaban J connectivity index is 2.27. The van der Waals surface area contributed by atoms with Gasteiger partial charge in [-0.15, -0.1) is 0 Å². The average Bonchev–Trinajstić information content (AvgIpc) is 3.00. The lowest BCUT2D eigenvalue weighted by Crippen LogP contribution is -2.41. The summed E-state index contributed by atoms with van der Waals surface area (Å²) in [4.78, 5) is 7.53. The van der Waals surface area contributed by atoms with Gasteiger partial charge in [-0.05, 0) is 6.07 Å². The summed E-state index contributed by atoms with van der Waals surface area (Å²) < 4.78 is 32.7. The van der Waals surface area contributed by atoms with E-state index in [4.69, 9.17) is 4.74 Å². The second-order valence-electron chi connectivity index (χ2n) is 5.27. The molecular formula is C13H16F2N4O2. The Morgan fingerprint density at radius 3 is 2.71 bits per heavy atom. The topological polar surface area (TPSA) is 73.1 Å². The standard InChI is InChI=1S/C13H16F2N4O2/c1-13(2,6-14)11(20)12(19-8-16-7-18-19)21-10-4-3-9(15)5-17-10/h3-5,7-8,11-12,20H,6H2,1-2H3/t11-,12+/m0/s1. The zero-order chi connectivity index (χ0) is 15.5. The number of aromatic nitrogens is 4. The largest absolute Gasteiger partial charge is 0.449 e. The highest BCUT2D eigenvalue weighted by molar-refractivity contribution is 5.11. The van der Waals surface area contributed by atoms with Crippen LogP contribution in [0.25, 0.3) is 0 Å². The maximum absolute atomic E-state index is 13.1. The first kappa shape index (κ1) is 15.3. The first-order valence-electron chi connectivity index (χ1n) is 6.30. The van der Waals surface area contributed by atoms with Gasteiger partial charge in [0.15, 0.2) is 0 Å². The zero-order valence-corrected chi connectivity index (χ0v) is 11.6. The van der Waals surface area contributed by atoms with Crippen molar-refractivity contribution in [2.24, 2.45) is 5.41 Å². The molecule has 0 spiro atoms. The molecule has 114 valence electrons. The van der Waals surface area contributed by atoms with Crippen molar-refractivity contribution in [1.82, 2.24) is 19.7 Å². The van der Waals surface area contributed by atoms with Crippen molar-refractivity contribution < 1.29 is 18.6 Å². The molecule has 0 aromatic carbocycles. The molecule has 0 radical (unpaired) electrons. The number of hydrogen-bond acceptors (Lipinski definition) is 5. The second kappa shape index (κ2) is 6.13. The van der Waals surface area contributed by atoms with E-state index in [-0.39, 0.29) is 5.88 Å². The highest BCUT2D eigenvalue weighted by Crippen LogP contribution is 2.30. The van der Waals surface area contributed by atoms with Gasteiger partial charge in [0.25, 0.3) is 0 Å². The van der Waals surface area contributed by atoms with Gasteiger partial charge < -0.3 is 9.84 Å². The summed E-state index contributed by atoms with van der Waals surface area (Å²) in [5.41, 5.74) is -1.06. The maximum Gasteiger partial charge on any atom is 0.221 e. The number of ether oxygens (including phenoxy) is 1. The molecule has 1 N–H and O–H groups in total. The fourth-order valence-corrected chi connectivity index (χ4v) is 1.63. The molecule has 8 heteroatoms. The van der Waals surface area contributed by atoms with Gasteiger partial charge in [0.1, 0.15) is 24.6 Å². The Morgan fingerprint density at radius 2 is 2.19 bits per heavy atom. The molecule has 2 rings (SSSR count). The summed E-state index contributed by atoms with van der Waals surface area (Å²) in [6.07, 6.45) is 1.35. The minimum atomic E-state index is -1.21. The molecule has 0 saturated heterocycles. The first-order valence-corrected chi connectivity index (χ1v) is 6.30. The summed E-state index contributed by atoms with van der Waals surface area (Å²) in [7, 11) is 0. The third kappa shape index (κ3) is 3.52. The molecule has 21 heavy (non-hydrogen) atoms. The van der Waals surface area contributed by atoms with Gasteiger partial charge in [-0.1, -0.05) is 13.8 Å². The van der Waals surface area contributed by atoms with Crippen LogP contribution >= 0.6 is 0 Å². The Kier molecular flexibility index (Phi) is 4.46. The van der Waals surface area contributed by atoms with E-state index < -0.39 is 30.2 Å². The van der Waals surface area contributed by atoms with E-state index >= 15 is 0 Å². The lowest BCUT2D eigenvalue weighted by Gasteiger charge is -2.33. The van der Waals surface area contributed by atoms with E-state index in [1.807, 2.05) is 0 Å². The fraction of sp³-hybridized carbons (Fsp3) is 0.462. The molecule has 6 nitrogen and oxygen atoms in total. The molecule has 0 aliphatic carbocycles. The summed E-state index contributed by atoms with van der Waals surface area (Å²) in [6.45, 7) is 2.37. The SMILES string of the molecule is CC(C)(CF)[C@@H](O)[C@@H](Oc1ccc(F)cn1)n1cncn1. The summed E-state index contributed by atoms with van der Waals surface area (Å²) in [5.74, 6) is -0.421. The molecular weight excluding hydrogens is 282 g/mol. The fourth-order valence-electron chi connectivity index (χ4n) is 1.63. The van der Waals surface area contributed by atoms with E-state index in [2.05, 4.69) is 15.1 Å². The zero-order valence-electron chi connectivity index (χ0n) is 11.6. The Labute approximate surface area is 120 Å². The molecule has 0 amide bonds. The molecule has 0 aliphatic heterocycles. The first-order chi connectivity index (χ1) is 9.94. The predicted molar refractivity (Wildman–Crippen MR) is 69.6 cm³/mol. The minimum absolute atomic E-state index is 0.0885. The van der Waals surface area contributed by atoms with E-state index in [1.54, 1.807) is 13.8 Å². The van der Waals surface area contributed by atoms with Crippen LogP contribution in [0.3, 0.4) is 0 Å². The van der Waals surface area contributed by atoms with Crippen LogP contribution in [0.15, 0.2) is 31.0 Å². The smallest absolute Gasteiger partial charge is 0.221 e. The van der Waals surface area contributed by atoms with Crippen molar-refractivity contribution in [2.75, 3.05) is 6.67 Å². The van der Waals surface area contributed by atoms with E-state index in [9.17, 15) is 13.9 Å². The number of alkyl halides is 1. The highest BCUT2D eigenvalue weighted by atomic mass is 19.1. The summed E-state index contributed by atoms with van der Waals surface area (Å²) in [6, 6.07) is 2.49. The number of nitrogens with zero attached hydrogens (tertiary/aromatic N) is 4. The lowest BCUT2D eigenvalue weighted by atomic mass is 9.87. The molecule has 2 aromatic heterocycles. The van der Waals surface area contributed by atoms with Gasteiger partial charge >= 0.3 is 0 Å². The average molecular weight is 298 g/mol. The molecule has 2 heterocycles. The maximum atomic E-state index is 13.1. The van der Waals surface area contributed by atoms with Crippen LogP contribution in [-0.2, 0) is 0 Å². The van der Waals surface area contributed by atoms with E-state index in [0.717, 1.165) is 6.20 Å². The minimum Gasteiger partial charge on any atom is -0.449 e. The summed E-state index contributed by atoms with van der Waals surface area (Å²) in [5, 5.41) is 14.3. The third-order valence-corrected chi connectivity index (χ3v) is 3.05. The van der Waals surface area contributed by atoms with Gasteiger partial charge in [0.05, 0.1) is 12.9 Å². The second-order valence-corrected chi connectivity index (χ2v) is 5.27. The molecule has 2 aromatic rings. The van der Waals surface area contributed by atoms with Crippen LogP contribution < -0.4 is 4.74 Å². The quantitative estimate of drug-likeness (QED) is 0.879. The van der Waals surface area contributed by atoms with Gasteiger partial charge in [-0.2, -0.15) is 5.10 Å². The molecule has 0 fully saturated rings. The third-order valence-electron chi connectivity index (χ3n) is 3.05. The molecule has 0 unspecified atom stereocenters. The lowest BCUT2D eigenvalue weighted by molar-refractivity contribution is -0.0874. The van der Waals surface area contributed by atoms with Crippen molar-refractivity contribution in [2.45, 2.75) is 26.2 Å². The van der Waals surface area contributed by atoms with Crippen LogP contribution in [0.2, 0.25) is 0 Å². The number of hydrogen-bond donors (Lipinski definition) is 1. The van der Waals surface area contributed by atoms with Crippen LogP contribution in [0.4, 0.5) is 8.78 Å². The van der Waals surface area contributed by atoms with Gasteiger partial charge in [0.2, 0.25) is 12.1 Å². The van der Waals surface area contributed by atoms with E-state index in [1.165, 1.54) is 29.5 Å². The van der Waals surface area contributed by atoms with Crippen LogP contribution in [0, 0.1) is 11.2 Å². The van der Waals surface area contributed by atoms with Crippen molar-refractivity contribution in [1.29, 1.82) is 0 Å².